The number of morpholine rings is 1. The first-order chi connectivity index (χ1) is 11.1. The van der Waals surface area contributed by atoms with E-state index in [-0.39, 0.29) is 24.5 Å². The molecule has 3 aliphatic rings. The normalized spacial score (nSPS) is 33.3. The standard InChI is InChI=1S/C17H27NO5/c1-22-14-5-2-4-12(14)13-11-23-9-8-18(13)15(19)10-17(16(20)21)6-3-7-17/h12-14H,2-11H2,1H3,(H,20,21). The molecule has 0 aromatic heterocycles. The molecule has 23 heavy (non-hydrogen) atoms. The molecule has 1 N–H and O–H groups in total. The third-order valence-corrected chi connectivity index (χ3v) is 6.04. The number of carbonyl (C=O) groups excluding carboxylic acids is 1. The average Bonchev–Trinajstić information content (AvgIpc) is 2.98. The van der Waals surface area contributed by atoms with Gasteiger partial charge in [0.15, 0.2) is 0 Å². The van der Waals surface area contributed by atoms with Gasteiger partial charge in [-0.2, -0.15) is 0 Å². The van der Waals surface area contributed by atoms with E-state index < -0.39 is 11.4 Å². The average molecular weight is 325 g/mol. The van der Waals surface area contributed by atoms with Gasteiger partial charge in [-0.05, 0) is 25.7 Å². The zero-order valence-corrected chi connectivity index (χ0v) is 13.8. The number of rotatable bonds is 5. The van der Waals surface area contributed by atoms with E-state index in [1.54, 1.807) is 7.11 Å². The van der Waals surface area contributed by atoms with E-state index in [1.807, 2.05) is 4.90 Å². The van der Waals surface area contributed by atoms with Gasteiger partial charge in [-0.15, -0.1) is 0 Å². The number of methoxy groups -OCH3 is 1. The number of carboxylic acids is 1. The maximum absolute atomic E-state index is 12.8. The number of hydrogen-bond acceptors (Lipinski definition) is 4. The number of carboxylic acid groups (broad SMARTS) is 1. The van der Waals surface area contributed by atoms with Gasteiger partial charge in [0.05, 0.1) is 30.8 Å². The third kappa shape index (κ3) is 3.11. The van der Waals surface area contributed by atoms with Crippen LogP contribution in [0.2, 0.25) is 0 Å². The second-order valence-corrected chi connectivity index (χ2v) is 7.21. The summed E-state index contributed by atoms with van der Waals surface area (Å²) >= 11 is 0. The van der Waals surface area contributed by atoms with Crippen molar-refractivity contribution in [3.63, 3.8) is 0 Å². The molecule has 0 bridgehead atoms. The van der Waals surface area contributed by atoms with Crippen molar-refractivity contribution < 1.29 is 24.2 Å². The third-order valence-electron chi connectivity index (χ3n) is 6.04. The van der Waals surface area contributed by atoms with Crippen LogP contribution in [0.3, 0.4) is 0 Å². The molecule has 3 fully saturated rings. The van der Waals surface area contributed by atoms with Crippen molar-refractivity contribution in [1.29, 1.82) is 0 Å². The highest BCUT2D eigenvalue weighted by Crippen LogP contribution is 2.45. The first-order valence-corrected chi connectivity index (χ1v) is 8.71. The summed E-state index contributed by atoms with van der Waals surface area (Å²) in [7, 11) is 1.73. The second-order valence-electron chi connectivity index (χ2n) is 7.21. The van der Waals surface area contributed by atoms with E-state index >= 15 is 0 Å². The fourth-order valence-electron chi connectivity index (χ4n) is 4.44. The first kappa shape index (κ1) is 16.7. The van der Waals surface area contributed by atoms with Gasteiger partial charge in [-0.25, -0.2) is 0 Å². The smallest absolute Gasteiger partial charge is 0.310 e. The maximum Gasteiger partial charge on any atom is 0.310 e. The maximum atomic E-state index is 12.8. The molecule has 130 valence electrons. The number of aliphatic carboxylic acids is 1. The highest BCUT2D eigenvalue weighted by molar-refractivity contribution is 5.86. The molecule has 0 aromatic rings. The van der Waals surface area contributed by atoms with E-state index in [9.17, 15) is 14.7 Å². The van der Waals surface area contributed by atoms with Crippen molar-refractivity contribution in [3.05, 3.63) is 0 Å². The molecule has 0 radical (unpaired) electrons. The van der Waals surface area contributed by atoms with Crippen LogP contribution in [-0.4, -0.2) is 60.9 Å². The predicted molar refractivity (Wildman–Crippen MR) is 83.0 cm³/mol. The molecule has 3 atom stereocenters. The fourth-order valence-corrected chi connectivity index (χ4v) is 4.44. The van der Waals surface area contributed by atoms with Crippen molar-refractivity contribution in [3.8, 4) is 0 Å². The lowest BCUT2D eigenvalue weighted by atomic mass is 9.66. The van der Waals surface area contributed by atoms with Gasteiger partial charge >= 0.3 is 5.97 Å². The summed E-state index contributed by atoms with van der Waals surface area (Å²) in [5.74, 6) is -0.550. The van der Waals surface area contributed by atoms with Crippen molar-refractivity contribution in [2.45, 2.75) is 57.1 Å². The Morgan fingerprint density at radius 2 is 2.09 bits per heavy atom. The van der Waals surface area contributed by atoms with E-state index in [1.165, 1.54) is 0 Å². The highest BCUT2D eigenvalue weighted by atomic mass is 16.5. The summed E-state index contributed by atoms with van der Waals surface area (Å²) in [4.78, 5) is 26.3. The summed E-state index contributed by atoms with van der Waals surface area (Å²) in [6.07, 6.45) is 5.62. The molecule has 3 unspecified atom stereocenters. The number of amides is 1. The Hall–Kier alpha value is -1.14. The van der Waals surface area contributed by atoms with Gasteiger partial charge in [0.2, 0.25) is 5.91 Å². The molecule has 1 saturated heterocycles. The van der Waals surface area contributed by atoms with Gasteiger partial charge in [0, 0.05) is 26.0 Å². The van der Waals surface area contributed by atoms with Crippen LogP contribution in [0.4, 0.5) is 0 Å². The Labute approximate surface area is 137 Å². The lowest BCUT2D eigenvalue weighted by Crippen LogP contribution is -2.55. The number of hydrogen-bond donors (Lipinski definition) is 1. The quantitative estimate of drug-likeness (QED) is 0.832. The molecule has 6 nitrogen and oxygen atoms in total. The monoisotopic (exact) mass is 325 g/mol. The minimum atomic E-state index is -0.823. The van der Waals surface area contributed by atoms with Crippen molar-refractivity contribution in [1.82, 2.24) is 4.90 Å². The molecule has 2 saturated carbocycles. The molecular weight excluding hydrogens is 298 g/mol. The van der Waals surface area contributed by atoms with Crippen LogP contribution in [0.5, 0.6) is 0 Å². The Bertz CT molecular complexity index is 462. The van der Waals surface area contributed by atoms with Crippen molar-refractivity contribution in [2.75, 3.05) is 26.9 Å². The Morgan fingerprint density at radius 3 is 2.70 bits per heavy atom. The Kier molecular flexibility index (Phi) is 4.92. The largest absolute Gasteiger partial charge is 0.481 e. The van der Waals surface area contributed by atoms with Gasteiger partial charge in [-0.3, -0.25) is 9.59 Å². The summed E-state index contributed by atoms with van der Waals surface area (Å²) < 4.78 is 11.2. The minimum Gasteiger partial charge on any atom is -0.481 e. The molecular formula is C17H27NO5. The van der Waals surface area contributed by atoms with Crippen LogP contribution in [0.1, 0.15) is 44.9 Å². The van der Waals surface area contributed by atoms with Crippen LogP contribution in [0, 0.1) is 11.3 Å². The molecule has 1 heterocycles. The SMILES string of the molecule is COC1CCCC1C1COCCN1C(=O)CC1(C(=O)O)CCC1. The topological polar surface area (TPSA) is 76.1 Å². The van der Waals surface area contributed by atoms with Gasteiger partial charge in [-0.1, -0.05) is 12.8 Å². The van der Waals surface area contributed by atoms with Crippen LogP contribution in [0.15, 0.2) is 0 Å². The van der Waals surface area contributed by atoms with Crippen LogP contribution in [-0.2, 0) is 19.1 Å². The lowest BCUT2D eigenvalue weighted by Gasteiger charge is -2.43. The van der Waals surface area contributed by atoms with Gasteiger partial charge in [0.25, 0.3) is 0 Å². The van der Waals surface area contributed by atoms with E-state index in [2.05, 4.69) is 0 Å². The zero-order valence-electron chi connectivity index (χ0n) is 13.8. The van der Waals surface area contributed by atoms with Crippen molar-refractivity contribution >= 4 is 11.9 Å². The van der Waals surface area contributed by atoms with Crippen LogP contribution in [0.25, 0.3) is 0 Å². The van der Waals surface area contributed by atoms with E-state index in [4.69, 9.17) is 9.47 Å². The number of ether oxygens (including phenoxy) is 2. The van der Waals surface area contributed by atoms with Crippen LogP contribution < -0.4 is 0 Å². The summed E-state index contributed by atoms with van der Waals surface area (Å²) in [6, 6.07) is 0.0228. The van der Waals surface area contributed by atoms with Gasteiger partial charge in [0.1, 0.15) is 0 Å². The fraction of sp³-hybridized carbons (Fsp3) is 0.882. The predicted octanol–water partition coefficient (Wildman–Crippen LogP) is 1.67. The summed E-state index contributed by atoms with van der Waals surface area (Å²) in [6.45, 7) is 1.63. The summed E-state index contributed by atoms with van der Waals surface area (Å²) in [5.41, 5.74) is -0.823. The van der Waals surface area contributed by atoms with E-state index in [0.29, 0.717) is 38.5 Å². The number of nitrogens with zero attached hydrogens (tertiary/aromatic N) is 1. The minimum absolute atomic E-state index is 0.0228. The van der Waals surface area contributed by atoms with Gasteiger partial charge < -0.3 is 19.5 Å². The molecule has 3 rings (SSSR count). The second kappa shape index (κ2) is 6.77. The number of carbonyl (C=O) groups is 2. The Morgan fingerprint density at radius 1 is 1.30 bits per heavy atom. The molecule has 6 heteroatoms. The molecule has 1 amide bonds. The lowest BCUT2D eigenvalue weighted by molar-refractivity contribution is -0.163. The zero-order chi connectivity index (χ0) is 16.4. The van der Waals surface area contributed by atoms with Crippen LogP contribution >= 0.6 is 0 Å². The first-order valence-electron chi connectivity index (χ1n) is 8.71. The molecule has 0 spiro atoms. The Balaban J connectivity index is 1.70. The molecule has 1 aliphatic heterocycles. The van der Waals surface area contributed by atoms with Crippen molar-refractivity contribution in [2.24, 2.45) is 11.3 Å². The molecule has 2 aliphatic carbocycles. The summed E-state index contributed by atoms with van der Waals surface area (Å²) in [5, 5.41) is 9.47. The molecule has 0 aromatic carbocycles. The highest BCUT2D eigenvalue weighted by Gasteiger charge is 2.48. The van der Waals surface area contributed by atoms with E-state index in [0.717, 1.165) is 25.7 Å².